The van der Waals surface area contributed by atoms with Crippen molar-refractivity contribution >= 4 is 24.6 Å². The summed E-state index contributed by atoms with van der Waals surface area (Å²) in [4.78, 5) is 17.1. The number of fused-ring (bicyclic) bond motifs is 1. The molecule has 1 aromatic carbocycles. The lowest BCUT2D eigenvalue weighted by Crippen LogP contribution is -2.47. The minimum Gasteiger partial charge on any atom is -0.391 e. The summed E-state index contributed by atoms with van der Waals surface area (Å²) in [5.41, 5.74) is 2.77. The third-order valence-corrected chi connectivity index (χ3v) is 5.57. The molecule has 1 amide bonds. The maximum Gasteiger partial charge on any atom is 0.250 e. The van der Waals surface area contributed by atoms with Gasteiger partial charge in [-0.1, -0.05) is 30.3 Å². The zero-order chi connectivity index (χ0) is 18.1. The molecular formula is C19H22N4O2S. The number of hydrogen-bond acceptors (Lipinski definition) is 5. The van der Waals surface area contributed by atoms with E-state index in [0.717, 1.165) is 29.7 Å². The maximum atomic E-state index is 13.4. The molecule has 26 heavy (non-hydrogen) atoms. The molecule has 0 radical (unpaired) electrons. The highest BCUT2D eigenvalue weighted by molar-refractivity contribution is 7.80. The number of aromatic nitrogens is 2. The number of nitrogens with zero attached hydrogens (tertiary/aromatic N) is 3. The molecule has 1 saturated heterocycles. The highest BCUT2D eigenvalue weighted by Crippen LogP contribution is 2.39. The molecular weight excluding hydrogens is 348 g/mol. The maximum absolute atomic E-state index is 13.4. The van der Waals surface area contributed by atoms with Crippen LogP contribution in [-0.2, 0) is 4.79 Å². The fourth-order valence-electron chi connectivity index (χ4n) is 3.68. The summed E-state index contributed by atoms with van der Waals surface area (Å²) in [6, 6.07) is 9.23. The second-order valence-corrected chi connectivity index (χ2v) is 7.26. The van der Waals surface area contributed by atoms with Crippen molar-refractivity contribution in [1.82, 2.24) is 20.0 Å². The van der Waals surface area contributed by atoms with Crippen LogP contribution in [0.5, 0.6) is 0 Å². The smallest absolute Gasteiger partial charge is 0.250 e. The standard InChI is InChI=1S/C19H22N4O2S/c24-14-7-4-9-22(12-14)18(25)17(13-5-2-1-3-6-13)23-10-8-16-15(19(23)26)11-20-21-16/h1-3,5-6,8,10-11,14,17,19,24,26H,4,7,9,12H2,(H,20,21). The lowest BCUT2D eigenvalue weighted by atomic mass is 9.99. The Morgan fingerprint density at radius 2 is 2.15 bits per heavy atom. The van der Waals surface area contributed by atoms with Crippen LogP contribution in [0.25, 0.3) is 6.08 Å². The summed E-state index contributed by atoms with van der Waals surface area (Å²) in [7, 11) is 0. The summed E-state index contributed by atoms with van der Waals surface area (Å²) in [6.45, 7) is 1.05. The second kappa shape index (κ2) is 7.17. The van der Waals surface area contributed by atoms with E-state index < -0.39 is 12.1 Å². The molecule has 0 bridgehead atoms. The average molecular weight is 370 g/mol. The van der Waals surface area contributed by atoms with Crippen molar-refractivity contribution in [2.75, 3.05) is 13.1 Å². The fourth-order valence-corrected chi connectivity index (χ4v) is 4.10. The summed E-state index contributed by atoms with van der Waals surface area (Å²) in [5.74, 6) is -0.00871. The van der Waals surface area contributed by atoms with Gasteiger partial charge in [-0.05, 0) is 24.5 Å². The van der Waals surface area contributed by atoms with Crippen molar-refractivity contribution in [1.29, 1.82) is 0 Å². The number of hydrogen-bond donors (Lipinski definition) is 3. The first-order valence-corrected chi connectivity index (χ1v) is 9.35. The van der Waals surface area contributed by atoms with Crippen molar-refractivity contribution in [3.63, 3.8) is 0 Å². The Morgan fingerprint density at radius 1 is 1.35 bits per heavy atom. The normalized spacial score (nSPS) is 23.6. The lowest BCUT2D eigenvalue weighted by Gasteiger charge is -2.40. The third-order valence-electron chi connectivity index (χ3n) is 5.03. The predicted octanol–water partition coefficient (Wildman–Crippen LogP) is 2.35. The number of likely N-dealkylation sites (tertiary alicyclic amines) is 1. The molecule has 0 aliphatic carbocycles. The number of benzene rings is 1. The van der Waals surface area contributed by atoms with E-state index in [1.54, 1.807) is 11.1 Å². The number of piperidine rings is 1. The van der Waals surface area contributed by atoms with Gasteiger partial charge in [-0.3, -0.25) is 9.89 Å². The van der Waals surface area contributed by atoms with E-state index in [0.29, 0.717) is 13.1 Å². The van der Waals surface area contributed by atoms with E-state index in [-0.39, 0.29) is 11.3 Å². The first-order chi connectivity index (χ1) is 12.6. The number of amides is 1. The Balaban J connectivity index is 1.69. The molecule has 2 aliphatic rings. The molecule has 2 N–H and O–H groups in total. The molecule has 0 saturated carbocycles. The Kier molecular flexibility index (Phi) is 4.74. The minimum absolute atomic E-state index is 0.00871. The van der Waals surface area contributed by atoms with Gasteiger partial charge in [0.05, 0.1) is 18.0 Å². The van der Waals surface area contributed by atoms with Crippen molar-refractivity contribution in [3.8, 4) is 0 Å². The molecule has 4 rings (SSSR count). The minimum atomic E-state index is -0.497. The molecule has 2 aliphatic heterocycles. The molecule has 0 spiro atoms. The number of nitrogens with one attached hydrogen (secondary N) is 1. The van der Waals surface area contributed by atoms with Gasteiger partial charge < -0.3 is 14.9 Å². The molecule has 3 unspecified atom stereocenters. The van der Waals surface area contributed by atoms with E-state index in [2.05, 4.69) is 10.2 Å². The Hall–Kier alpha value is -2.25. The van der Waals surface area contributed by atoms with Gasteiger partial charge in [-0.15, -0.1) is 12.6 Å². The Labute approximate surface area is 157 Å². The van der Waals surface area contributed by atoms with Crippen LogP contribution in [0.2, 0.25) is 0 Å². The van der Waals surface area contributed by atoms with Gasteiger partial charge in [-0.2, -0.15) is 5.10 Å². The number of rotatable bonds is 3. The van der Waals surface area contributed by atoms with Crippen molar-refractivity contribution in [3.05, 3.63) is 59.5 Å². The number of H-pyrrole nitrogens is 1. The molecule has 1 fully saturated rings. The van der Waals surface area contributed by atoms with Crippen molar-refractivity contribution in [2.24, 2.45) is 0 Å². The van der Waals surface area contributed by atoms with Crippen molar-refractivity contribution in [2.45, 2.75) is 30.4 Å². The summed E-state index contributed by atoms with van der Waals surface area (Å²) in [5, 5.41) is 16.7. The van der Waals surface area contributed by atoms with Gasteiger partial charge in [-0.25, -0.2) is 0 Å². The van der Waals surface area contributed by atoms with Gasteiger partial charge >= 0.3 is 0 Å². The van der Waals surface area contributed by atoms with Crippen LogP contribution in [0.15, 0.2) is 42.7 Å². The molecule has 2 aromatic rings. The van der Waals surface area contributed by atoms with Gasteiger partial charge in [0.2, 0.25) is 5.91 Å². The molecule has 1 aromatic heterocycles. The highest BCUT2D eigenvalue weighted by atomic mass is 32.1. The molecule has 7 heteroatoms. The number of aromatic amines is 1. The van der Waals surface area contributed by atoms with Gasteiger partial charge in [0.15, 0.2) is 0 Å². The molecule has 6 nitrogen and oxygen atoms in total. The number of carbonyl (C=O) groups excluding carboxylic acids is 1. The number of aliphatic hydroxyl groups is 1. The van der Waals surface area contributed by atoms with Crippen molar-refractivity contribution < 1.29 is 9.90 Å². The van der Waals surface area contributed by atoms with Gasteiger partial charge in [0.1, 0.15) is 11.4 Å². The topological polar surface area (TPSA) is 72.5 Å². The van der Waals surface area contributed by atoms with E-state index >= 15 is 0 Å². The zero-order valence-electron chi connectivity index (χ0n) is 14.3. The molecule has 136 valence electrons. The SMILES string of the molecule is O=C(C(c1ccccc1)N1C=Cc2[nH]ncc2C1S)N1CCCC(O)C1. The number of aliphatic hydroxyl groups excluding tert-OH is 1. The highest BCUT2D eigenvalue weighted by Gasteiger charge is 2.36. The van der Waals surface area contributed by atoms with Gasteiger partial charge in [0.25, 0.3) is 0 Å². The Bertz CT molecular complexity index is 807. The van der Waals surface area contributed by atoms with Crippen LogP contribution in [0, 0.1) is 0 Å². The van der Waals surface area contributed by atoms with Crippen LogP contribution in [0.1, 0.15) is 41.1 Å². The predicted molar refractivity (Wildman–Crippen MR) is 102 cm³/mol. The van der Waals surface area contributed by atoms with Crippen LogP contribution < -0.4 is 0 Å². The summed E-state index contributed by atoms with van der Waals surface area (Å²) >= 11 is 4.76. The quantitative estimate of drug-likeness (QED) is 0.725. The second-order valence-electron chi connectivity index (χ2n) is 6.77. The first kappa shape index (κ1) is 17.2. The van der Waals surface area contributed by atoms with Crippen LogP contribution >= 0.6 is 12.6 Å². The van der Waals surface area contributed by atoms with E-state index in [1.807, 2.05) is 47.5 Å². The first-order valence-electron chi connectivity index (χ1n) is 8.84. The zero-order valence-corrected chi connectivity index (χ0v) is 15.2. The lowest BCUT2D eigenvalue weighted by molar-refractivity contribution is -0.139. The van der Waals surface area contributed by atoms with Crippen LogP contribution in [0.4, 0.5) is 0 Å². The van der Waals surface area contributed by atoms with Gasteiger partial charge in [0, 0.05) is 24.9 Å². The summed E-state index contributed by atoms with van der Waals surface area (Å²) in [6.07, 6.45) is 6.68. The largest absolute Gasteiger partial charge is 0.391 e. The van der Waals surface area contributed by atoms with E-state index in [4.69, 9.17) is 12.6 Å². The Morgan fingerprint density at radius 3 is 2.92 bits per heavy atom. The summed E-state index contributed by atoms with van der Waals surface area (Å²) < 4.78 is 0. The van der Waals surface area contributed by atoms with E-state index in [9.17, 15) is 9.90 Å². The van der Waals surface area contributed by atoms with E-state index in [1.165, 1.54) is 0 Å². The number of β-amino-alcohol motifs (C(OH)–C–C–N with tert-alkyl or cyclic N) is 1. The number of thiol groups is 1. The average Bonchev–Trinajstić information content (AvgIpc) is 3.14. The number of carbonyl (C=O) groups is 1. The molecule has 3 heterocycles. The fraction of sp³-hybridized carbons (Fsp3) is 0.368. The molecule has 3 atom stereocenters. The van der Waals surface area contributed by atoms with Crippen LogP contribution in [0.3, 0.4) is 0 Å². The third kappa shape index (κ3) is 3.12. The van der Waals surface area contributed by atoms with Crippen LogP contribution in [-0.4, -0.2) is 50.2 Å². The monoisotopic (exact) mass is 370 g/mol.